The van der Waals surface area contributed by atoms with Crippen LogP contribution in [0.15, 0.2) is 6.07 Å². The maximum absolute atomic E-state index is 13.4. The molecule has 0 saturated carbocycles. The van der Waals surface area contributed by atoms with E-state index in [-0.39, 0.29) is 6.07 Å². The minimum Gasteiger partial charge on any atom is -0.458 e. The van der Waals surface area contributed by atoms with Crippen molar-refractivity contribution < 1.29 is 41.5 Å². The van der Waals surface area contributed by atoms with Gasteiger partial charge in [-0.1, -0.05) is 0 Å². The maximum atomic E-state index is 13.4. The van der Waals surface area contributed by atoms with Crippen LogP contribution in [0.25, 0.3) is 0 Å². The molecular formula is C13H13F4NO5. The number of carbonyl (C=O) groups is 2. The lowest BCUT2D eigenvalue weighted by atomic mass is 10.2. The molecule has 6 nitrogen and oxygen atoms in total. The summed E-state index contributed by atoms with van der Waals surface area (Å²) >= 11 is 0. The van der Waals surface area contributed by atoms with Gasteiger partial charge < -0.3 is 9.47 Å². The van der Waals surface area contributed by atoms with Crippen LogP contribution in [0.2, 0.25) is 0 Å². The van der Waals surface area contributed by atoms with Crippen molar-refractivity contribution in [2.24, 2.45) is 5.90 Å². The van der Waals surface area contributed by atoms with E-state index < -0.39 is 52.7 Å². The van der Waals surface area contributed by atoms with E-state index >= 15 is 0 Å². The van der Waals surface area contributed by atoms with E-state index in [9.17, 15) is 27.2 Å². The molecular weight excluding hydrogens is 326 g/mol. The fourth-order valence-electron chi connectivity index (χ4n) is 1.35. The van der Waals surface area contributed by atoms with Crippen molar-refractivity contribution in [3.8, 4) is 5.75 Å². The van der Waals surface area contributed by atoms with E-state index in [1.807, 2.05) is 0 Å². The van der Waals surface area contributed by atoms with Gasteiger partial charge in [0, 0.05) is 6.07 Å². The second kappa shape index (κ2) is 6.92. The van der Waals surface area contributed by atoms with Gasteiger partial charge in [0.25, 0.3) is 6.10 Å². The monoisotopic (exact) mass is 339 g/mol. The van der Waals surface area contributed by atoms with E-state index in [1.54, 1.807) is 0 Å². The quantitative estimate of drug-likeness (QED) is 0.171. The van der Waals surface area contributed by atoms with Gasteiger partial charge in [0.15, 0.2) is 17.4 Å². The third-order valence-electron chi connectivity index (χ3n) is 2.25. The topological polar surface area (TPSA) is 87.9 Å². The summed E-state index contributed by atoms with van der Waals surface area (Å²) in [5.74, 6) is -7.42. The van der Waals surface area contributed by atoms with Crippen molar-refractivity contribution in [2.75, 3.05) is 0 Å². The van der Waals surface area contributed by atoms with Crippen molar-refractivity contribution in [1.82, 2.24) is 0 Å². The van der Waals surface area contributed by atoms with Crippen LogP contribution in [0.4, 0.5) is 17.6 Å². The zero-order valence-corrected chi connectivity index (χ0v) is 12.3. The molecule has 0 heterocycles. The van der Waals surface area contributed by atoms with Crippen LogP contribution in [0.3, 0.4) is 0 Å². The highest BCUT2D eigenvalue weighted by molar-refractivity contribution is 5.99. The molecule has 0 fully saturated rings. The first-order chi connectivity index (χ1) is 10.5. The molecule has 0 bridgehead atoms. The van der Waals surface area contributed by atoms with E-state index in [1.165, 1.54) is 20.8 Å². The number of rotatable bonds is 4. The lowest BCUT2D eigenvalue weighted by Gasteiger charge is -2.22. The first kappa shape index (κ1) is 18.8. The van der Waals surface area contributed by atoms with Crippen molar-refractivity contribution in [2.45, 2.75) is 32.5 Å². The van der Waals surface area contributed by atoms with Gasteiger partial charge in [-0.2, -0.15) is 4.39 Å². The van der Waals surface area contributed by atoms with Crippen molar-refractivity contribution >= 4 is 11.9 Å². The second-order valence-corrected chi connectivity index (χ2v) is 5.27. The number of ether oxygens (including phenoxy) is 2. The summed E-state index contributed by atoms with van der Waals surface area (Å²) in [7, 11) is 0. The molecule has 1 aromatic carbocycles. The number of nitrogens with two attached hydrogens (primary N) is 1. The smallest absolute Gasteiger partial charge is 0.354 e. The molecule has 0 aromatic heterocycles. The molecule has 10 heteroatoms. The molecule has 0 aliphatic carbocycles. The van der Waals surface area contributed by atoms with Crippen LogP contribution in [0.5, 0.6) is 5.75 Å². The van der Waals surface area contributed by atoms with E-state index in [2.05, 4.69) is 9.57 Å². The van der Waals surface area contributed by atoms with Crippen molar-refractivity contribution in [3.05, 3.63) is 29.3 Å². The normalized spacial score (nSPS) is 12.7. The van der Waals surface area contributed by atoms with Gasteiger partial charge in [0.1, 0.15) is 5.60 Å². The predicted octanol–water partition coefficient (Wildman–Crippen LogP) is 1.75. The van der Waals surface area contributed by atoms with E-state index in [0.717, 1.165) is 0 Å². The highest BCUT2D eigenvalue weighted by atomic mass is 19.2. The number of halogens is 4. The highest BCUT2D eigenvalue weighted by Crippen LogP contribution is 2.25. The minimum atomic E-state index is -2.18. The van der Waals surface area contributed by atoms with Crippen LogP contribution in [-0.4, -0.2) is 23.6 Å². The fraction of sp³-hybridized carbons (Fsp3) is 0.385. The average Bonchev–Trinajstić information content (AvgIpc) is 2.41. The van der Waals surface area contributed by atoms with Crippen LogP contribution in [-0.2, 0) is 19.2 Å². The number of benzene rings is 1. The zero-order chi connectivity index (χ0) is 17.9. The highest BCUT2D eigenvalue weighted by Gasteiger charge is 2.35. The largest absolute Gasteiger partial charge is 0.458 e. The Kier molecular flexibility index (Phi) is 5.67. The third kappa shape index (κ3) is 4.63. The Labute approximate surface area is 128 Å². The molecule has 128 valence electrons. The molecule has 0 spiro atoms. The summed E-state index contributed by atoms with van der Waals surface area (Å²) < 4.78 is 61.3. The van der Waals surface area contributed by atoms with Crippen LogP contribution in [0.1, 0.15) is 20.8 Å². The Morgan fingerprint density at radius 3 is 2.09 bits per heavy atom. The number of esters is 2. The Bertz CT molecular complexity index is 630. The van der Waals surface area contributed by atoms with Gasteiger partial charge in [-0.15, -0.1) is 0 Å². The average molecular weight is 339 g/mol. The Balaban J connectivity index is 3.00. The summed E-state index contributed by atoms with van der Waals surface area (Å²) in [6.45, 7) is 4.44. The summed E-state index contributed by atoms with van der Waals surface area (Å²) in [5, 5.41) is 0. The summed E-state index contributed by atoms with van der Waals surface area (Å²) in [5.41, 5.74) is -1.01. The first-order valence-corrected chi connectivity index (χ1v) is 6.11. The van der Waals surface area contributed by atoms with E-state index in [4.69, 9.17) is 10.6 Å². The third-order valence-corrected chi connectivity index (χ3v) is 2.25. The van der Waals surface area contributed by atoms with Gasteiger partial charge >= 0.3 is 11.9 Å². The molecule has 2 N–H and O–H groups in total. The maximum Gasteiger partial charge on any atom is 0.354 e. The number of hydrogen-bond donors (Lipinski definition) is 1. The van der Waals surface area contributed by atoms with E-state index in [0.29, 0.717) is 0 Å². The van der Waals surface area contributed by atoms with Gasteiger partial charge in [-0.3, -0.25) is 4.84 Å². The van der Waals surface area contributed by atoms with Crippen molar-refractivity contribution in [3.63, 3.8) is 0 Å². The van der Waals surface area contributed by atoms with Gasteiger partial charge in [-0.05, 0) is 20.8 Å². The molecule has 1 rings (SSSR count). The van der Waals surface area contributed by atoms with Crippen LogP contribution in [0, 0.1) is 23.3 Å². The second-order valence-electron chi connectivity index (χ2n) is 5.27. The number of carbonyl (C=O) groups excluding carboxylic acids is 2. The molecule has 0 aliphatic rings. The van der Waals surface area contributed by atoms with Gasteiger partial charge in [-0.25, -0.2) is 28.7 Å². The fourth-order valence-corrected chi connectivity index (χ4v) is 1.35. The van der Waals surface area contributed by atoms with Crippen molar-refractivity contribution in [1.29, 1.82) is 0 Å². The Hall–Kier alpha value is -2.20. The minimum absolute atomic E-state index is 0.0916. The van der Waals surface area contributed by atoms with Gasteiger partial charge in [0.05, 0.1) is 0 Å². The molecule has 0 saturated heterocycles. The number of hydrogen-bond acceptors (Lipinski definition) is 6. The molecule has 0 radical (unpaired) electrons. The molecule has 1 atom stereocenters. The summed E-state index contributed by atoms with van der Waals surface area (Å²) in [4.78, 5) is 27.4. The standard InChI is InChI=1S/C13H13F4NO5/c1-13(2,3)22-12(20)10(23-18)11(19)21-6-4-5(14)7(15)9(17)8(6)16/h4,10H,18H2,1-3H3. The molecule has 1 unspecified atom stereocenters. The molecule has 23 heavy (non-hydrogen) atoms. The summed E-state index contributed by atoms with van der Waals surface area (Å²) in [6.07, 6.45) is -2.13. The summed E-state index contributed by atoms with van der Waals surface area (Å²) in [6, 6.07) is 0.0916. The van der Waals surface area contributed by atoms with Crippen LogP contribution >= 0.6 is 0 Å². The molecule has 0 aliphatic heterocycles. The Morgan fingerprint density at radius 2 is 1.61 bits per heavy atom. The zero-order valence-electron chi connectivity index (χ0n) is 12.3. The van der Waals surface area contributed by atoms with Gasteiger partial charge in [0.2, 0.25) is 11.6 Å². The SMILES string of the molecule is CC(C)(C)OC(=O)C(ON)C(=O)Oc1cc(F)c(F)c(F)c1F. The lowest BCUT2D eigenvalue weighted by Crippen LogP contribution is -2.42. The van der Waals surface area contributed by atoms with Crippen LogP contribution < -0.4 is 10.6 Å². The molecule has 0 amide bonds. The predicted molar refractivity (Wildman–Crippen MR) is 66.8 cm³/mol. The Morgan fingerprint density at radius 1 is 1.04 bits per heavy atom. The molecule has 1 aromatic rings. The lowest BCUT2D eigenvalue weighted by molar-refractivity contribution is -0.176. The first-order valence-electron chi connectivity index (χ1n) is 6.11.